The van der Waals surface area contributed by atoms with Gasteiger partial charge in [-0.15, -0.1) is 11.3 Å². The fraction of sp³-hybridized carbons (Fsp3) is 0.484. The Morgan fingerprint density at radius 1 is 1.20 bits per heavy atom. The van der Waals surface area contributed by atoms with Gasteiger partial charge in [0.05, 0.1) is 32.8 Å². The van der Waals surface area contributed by atoms with Gasteiger partial charge in [0, 0.05) is 24.0 Å². The summed E-state index contributed by atoms with van der Waals surface area (Å²) in [7, 11) is -4.32. The van der Waals surface area contributed by atoms with Gasteiger partial charge in [0.2, 0.25) is 11.7 Å². The van der Waals surface area contributed by atoms with E-state index in [9.17, 15) is 23.3 Å². The van der Waals surface area contributed by atoms with Gasteiger partial charge < -0.3 is 20.1 Å². The van der Waals surface area contributed by atoms with E-state index in [1.807, 2.05) is 26.2 Å². The van der Waals surface area contributed by atoms with E-state index in [2.05, 4.69) is 15.6 Å². The molecule has 3 heterocycles. The van der Waals surface area contributed by atoms with Gasteiger partial charge in [-0.3, -0.25) is 19.2 Å². The number of hydrogen-bond acceptors (Lipinski definition) is 10. The zero-order valence-electron chi connectivity index (χ0n) is 26.2. The van der Waals surface area contributed by atoms with Gasteiger partial charge >= 0.3 is 5.69 Å². The number of aryl methyl sites for hydroxylation is 1. The highest BCUT2D eigenvalue weighted by Gasteiger charge is 2.56. The summed E-state index contributed by atoms with van der Waals surface area (Å²) in [6.07, 6.45) is 0.991. The van der Waals surface area contributed by atoms with Crippen LogP contribution in [0.2, 0.25) is 5.02 Å². The predicted molar refractivity (Wildman–Crippen MR) is 177 cm³/mol. The number of nitrogens with zero attached hydrogens (tertiary/aromatic N) is 3. The minimum Gasteiger partial charge on any atom is -0.359 e. The predicted octanol–water partition coefficient (Wildman–Crippen LogP) is 5.69. The van der Waals surface area contributed by atoms with Crippen LogP contribution in [0, 0.1) is 23.0 Å². The number of amides is 1. The molecule has 5 atom stereocenters. The van der Waals surface area contributed by atoms with Crippen LogP contribution >= 0.6 is 22.9 Å². The zero-order valence-corrected chi connectivity index (χ0v) is 28.6. The molecule has 1 aromatic carbocycles. The minimum absolute atomic E-state index is 0.00315. The second-order valence-corrected chi connectivity index (χ2v) is 15.1. The lowest BCUT2D eigenvalue weighted by atomic mass is 10.0. The number of halogens is 1. The number of aromatic nitrogens is 1. The average Bonchev–Trinajstić information content (AvgIpc) is 3.65. The maximum absolute atomic E-state index is 14.4. The summed E-state index contributed by atoms with van der Waals surface area (Å²) in [5.74, 6) is -1.88. The number of nitrogens with one attached hydrogen (secondary N) is 2. The Morgan fingerprint density at radius 3 is 2.50 bits per heavy atom. The highest BCUT2D eigenvalue weighted by molar-refractivity contribution is 7.92. The van der Waals surface area contributed by atoms with E-state index in [1.165, 1.54) is 35.7 Å². The van der Waals surface area contributed by atoms with E-state index in [-0.39, 0.29) is 35.1 Å². The van der Waals surface area contributed by atoms with Crippen LogP contribution in [0.1, 0.15) is 51.0 Å². The van der Waals surface area contributed by atoms with Crippen molar-refractivity contribution >= 4 is 56.1 Å². The molecule has 2 N–H and O–H groups in total. The van der Waals surface area contributed by atoms with E-state index in [0.717, 1.165) is 14.7 Å². The van der Waals surface area contributed by atoms with Crippen molar-refractivity contribution in [3.8, 4) is 0 Å². The van der Waals surface area contributed by atoms with E-state index in [0.29, 0.717) is 18.0 Å². The van der Waals surface area contributed by atoms with Gasteiger partial charge in [0.25, 0.3) is 10.0 Å². The quantitative estimate of drug-likeness (QED) is 0.180. The van der Waals surface area contributed by atoms with E-state index >= 15 is 0 Å². The number of hydrogen-bond donors (Lipinski definition) is 2. The number of fused-ring (bicyclic) bond motifs is 1. The molecule has 12 nitrogen and oxygen atoms in total. The summed E-state index contributed by atoms with van der Waals surface area (Å²) in [5.41, 5.74) is 0.220. The molecule has 248 valence electrons. The third-order valence-electron chi connectivity index (χ3n) is 8.29. The molecule has 1 amide bonds. The highest BCUT2D eigenvalue weighted by Crippen LogP contribution is 2.45. The van der Waals surface area contributed by atoms with Gasteiger partial charge in [-0.2, -0.15) is 0 Å². The number of nitro groups is 1. The van der Waals surface area contributed by atoms with Crippen LogP contribution in [0.3, 0.4) is 0 Å². The average molecular weight is 692 g/mol. The second-order valence-electron chi connectivity index (χ2n) is 11.9. The molecular weight excluding hydrogens is 654 g/mol. The maximum Gasteiger partial charge on any atom is 0.335 e. The normalized spacial score (nSPS) is 22.7. The van der Waals surface area contributed by atoms with Gasteiger partial charge in [0.1, 0.15) is 17.9 Å². The summed E-state index contributed by atoms with van der Waals surface area (Å²) in [5, 5.41) is 21.2. The molecule has 1 unspecified atom stereocenters. The molecule has 2 aromatic heterocycles. The molecule has 1 saturated carbocycles. The van der Waals surface area contributed by atoms with Crippen LogP contribution in [0.25, 0.3) is 0 Å². The molecule has 2 fully saturated rings. The van der Waals surface area contributed by atoms with Crippen LogP contribution in [-0.2, 0) is 30.7 Å². The molecule has 46 heavy (non-hydrogen) atoms. The van der Waals surface area contributed by atoms with Crippen LogP contribution in [0.15, 0.2) is 52.9 Å². The Kier molecular flexibility index (Phi) is 9.94. The fourth-order valence-electron chi connectivity index (χ4n) is 6.19. The molecule has 2 aliphatic rings. The molecule has 1 saturated heterocycles. The van der Waals surface area contributed by atoms with Crippen molar-refractivity contribution in [2.24, 2.45) is 5.92 Å². The lowest BCUT2D eigenvalue weighted by Gasteiger charge is -2.32. The van der Waals surface area contributed by atoms with E-state index in [1.54, 1.807) is 32.0 Å². The Labute approximate surface area is 277 Å². The number of pyridine rings is 1. The Bertz CT molecular complexity index is 1700. The smallest absolute Gasteiger partial charge is 0.335 e. The summed E-state index contributed by atoms with van der Waals surface area (Å²) in [6, 6.07) is 8.13. The molecular formula is C31H38ClN5O7S2. The molecule has 0 spiro atoms. The van der Waals surface area contributed by atoms with Crippen molar-refractivity contribution in [1.82, 2.24) is 10.3 Å². The van der Waals surface area contributed by atoms with Crippen molar-refractivity contribution in [2.45, 2.75) is 88.9 Å². The van der Waals surface area contributed by atoms with Crippen molar-refractivity contribution in [1.29, 1.82) is 0 Å². The van der Waals surface area contributed by atoms with Crippen molar-refractivity contribution in [3.63, 3.8) is 0 Å². The monoisotopic (exact) mass is 691 g/mol. The molecule has 15 heteroatoms. The number of carbonyl (C=O) groups is 1. The van der Waals surface area contributed by atoms with Gasteiger partial charge in [0.15, 0.2) is 5.79 Å². The third-order valence-corrected chi connectivity index (χ3v) is 11.6. The van der Waals surface area contributed by atoms with E-state index < -0.39 is 56.6 Å². The van der Waals surface area contributed by atoms with Gasteiger partial charge in [-0.1, -0.05) is 36.2 Å². The molecule has 5 rings (SSSR count). The number of carbonyl (C=O) groups excluding carboxylic acids is 1. The number of benzene rings is 1. The topological polar surface area (TPSA) is 153 Å². The first-order chi connectivity index (χ1) is 21.8. The SMILES string of the molecule is CCNC(=O)[C@H]1C[C@@H](Nc2nccc(N(C(CC)Cc3sccc3Cl)S(=O)(=O)c3ccc(C)cc3)c2[N+](=O)[O-])[C@@H]2OC(C)(C)O[C@@H]21. The van der Waals surface area contributed by atoms with Crippen molar-refractivity contribution in [2.75, 3.05) is 16.2 Å². The highest BCUT2D eigenvalue weighted by atomic mass is 35.5. The van der Waals surface area contributed by atoms with Gasteiger partial charge in [-0.25, -0.2) is 13.4 Å². The Hall–Kier alpha value is -3.30. The minimum atomic E-state index is -4.32. The number of thiophene rings is 1. The number of rotatable bonds is 12. The molecule has 1 aliphatic carbocycles. The van der Waals surface area contributed by atoms with Crippen molar-refractivity contribution < 1.29 is 27.6 Å². The summed E-state index contributed by atoms with van der Waals surface area (Å²) in [6.45, 7) is 9.42. The van der Waals surface area contributed by atoms with E-state index in [4.69, 9.17) is 21.1 Å². The van der Waals surface area contributed by atoms with Crippen LogP contribution < -0.4 is 14.9 Å². The summed E-state index contributed by atoms with van der Waals surface area (Å²) in [4.78, 5) is 30.3. The molecule has 0 bridgehead atoms. The Balaban J connectivity index is 1.60. The molecule has 0 radical (unpaired) electrons. The number of ether oxygens (including phenoxy) is 2. The van der Waals surface area contributed by atoms with Crippen LogP contribution in [0.5, 0.6) is 0 Å². The summed E-state index contributed by atoms with van der Waals surface area (Å²) < 4.78 is 42.3. The first-order valence-electron chi connectivity index (χ1n) is 15.1. The summed E-state index contributed by atoms with van der Waals surface area (Å²) >= 11 is 7.82. The van der Waals surface area contributed by atoms with Crippen molar-refractivity contribution in [3.05, 3.63) is 73.6 Å². The molecule has 3 aromatic rings. The first kappa shape index (κ1) is 34.0. The maximum atomic E-state index is 14.4. The first-order valence-corrected chi connectivity index (χ1v) is 17.8. The molecule has 1 aliphatic heterocycles. The largest absolute Gasteiger partial charge is 0.359 e. The van der Waals surface area contributed by atoms with Gasteiger partial charge in [-0.05, 0) is 70.2 Å². The second kappa shape index (κ2) is 13.4. The zero-order chi connectivity index (χ0) is 33.4. The fourth-order valence-corrected chi connectivity index (χ4v) is 9.11. The number of anilines is 2. The number of sulfonamides is 1. The lowest BCUT2D eigenvalue weighted by molar-refractivity contribution is -0.383. The Morgan fingerprint density at radius 2 is 1.89 bits per heavy atom. The lowest BCUT2D eigenvalue weighted by Crippen LogP contribution is -2.42. The van der Waals surface area contributed by atoms with Crippen LogP contribution in [0.4, 0.5) is 17.2 Å². The van der Waals surface area contributed by atoms with Crippen LogP contribution in [-0.4, -0.2) is 60.9 Å². The third kappa shape index (κ3) is 6.72. The standard InChI is InChI=1S/C31H38ClN5O7S2/c1-6-19(16-25-22(32)13-15-45-25)36(46(41,42)20-10-8-18(3)9-11-20)24-12-14-34-29(26(24)37(39)40)35-23-17-21(30(38)33-7-2)27-28(23)44-31(4,5)43-27/h8-15,19,21,23,27-28H,6-7,16-17H2,1-5H3,(H,33,38)(H,34,35)/t19?,21-,23+,27+,28-/m0/s1.